The molecule has 0 spiro atoms. The maximum atomic E-state index is 11.7. The molecule has 21 heavy (non-hydrogen) atoms. The molecule has 1 aromatic heterocycles. The Kier molecular flexibility index (Phi) is 4.15. The number of rotatable bonds is 3. The van der Waals surface area contributed by atoms with Gasteiger partial charge in [0.1, 0.15) is 0 Å². The van der Waals surface area contributed by atoms with Crippen molar-refractivity contribution in [2.24, 2.45) is 0 Å². The van der Waals surface area contributed by atoms with Gasteiger partial charge in [-0.1, -0.05) is 0 Å². The number of hydrogen-bond donors (Lipinski definition) is 4. The number of nitrogens with one attached hydrogen (secondary N) is 1. The lowest BCUT2D eigenvalue weighted by Gasteiger charge is -2.07. The second kappa shape index (κ2) is 5.85. The Bertz CT molecular complexity index is 669. The van der Waals surface area contributed by atoms with Gasteiger partial charge < -0.3 is 20.2 Å². The molecule has 1 aromatic carbocycles. The fourth-order valence-electron chi connectivity index (χ4n) is 1.24. The Morgan fingerprint density at radius 2 is 1.57 bits per heavy atom. The van der Waals surface area contributed by atoms with E-state index in [1.165, 1.54) is 0 Å². The van der Waals surface area contributed by atoms with Gasteiger partial charge in [0.15, 0.2) is 17.2 Å². The average Bonchev–Trinajstić information content (AvgIpc) is 2.40. The number of hydrogen-bond acceptors (Lipinski definition) is 9. The molecular weight excluding hydrogens is 327 g/mol. The number of halogens is 2. The maximum Gasteiger partial charge on any atom is 0.363 e. The number of nitrogens with zero attached hydrogens (tertiary/aromatic N) is 3. The van der Waals surface area contributed by atoms with E-state index in [4.69, 9.17) is 28.3 Å². The van der Waals surface area contributed by atoms with Crippen molar-refractivity contribution in [3.8, 4) is 17.2 Å². The Labute approximate surface area is 126 Å². The van der Waals surface area contributed by atoms with Crippen molar-refractivity contribution >= 4 is 35.1 Å². The number of phenols is 3. The van der Waals surface area contributed by atoms with Gasteiger partial charge in [0.05, 0.1) is 5.56 Å². The number of carbonyl (C=O) groups excluding carboxylic acids is 1. The summed E-state index contributed by atoms with van der Waals surface area (Å²) in [4.78, 5) is 26.9. The molecule has 0 aliphatic heterocycles. The summed E-state index contributed by atoms with van der Waals surface area (Å²) in [5.74, 6) is -3.34. The van der Waals surface area contributed by atoms with Crippen LogP contribution in [0.4, 0.5) is 5.95 Å². The zero-order valence-corrected chi connectivity index (χ0v) is 11.4. The second-order valence-corrected chi connectivity index (χ2v) is 4.23. The number of anilines is 1. The SMILES string of the molecule is O=C(ONc1nc(Cl)nc(Cl)n1)c1cc(O)c(O)c(O)c1. The normalized spacial score (nSPS) is 10.2. The number of aromatic hydroxyl groups is 3. The molecule has 0 saturated carbocycles. The molecule has 110 valence electrons. The smallest absolute Gasteiger partial charge is 0.363 e. The quantitative estimate of drug-likeness (QED) is 0.486. The highest BCUT2D eigenvalue weighted by Crippen LogP contribution is 2.35. The zero-order chi connectivity index (χ0) is 15.6. The van der Waals surface area contributed by atoms with Crippen LogP contribution in [0.2, 0.25) is 10.6 Å². The van der Waals surface area contributed by atoms with Gasteiger partial charge in [-0.3, -0.25) is 0 Å². The second-order valence-electron chi connectivity index (χ2n) is 3.55. The highest BCUT2D eigenvalue weighted by molar-refractivity contribution is 6.31. The lowest BCUT2D eigenvalue weighted by atomic mass is 10.2. The lowest BCUT2D eigenvalue weighted by Crippen LogP contribution is -2.13. The highest BCUT2D eigenvalue weighted by Gasteiger charge is 2.15. The Hall–Kier alpha value is -2.52. The molecule has 2 rings (SSSR count). The molecule has 9 nitrogen and oxygen atoms in total. The monoisotopic (exact) mass is 332 g/mol. The molecule has 0 aliphatic carbocycles. The standard InChI is InChI=1S/C10H6Cl2N4O5/c11-8-13-9(12)15-10(14-8)16-21-7(20)3-1-4(17)6(19)5(18)2-3/h1-2,17-19H,(H,13,14,15,16). The van der Waals surface area contributed by atoms with E-state index in [1.54, 1.807) is 0 Å². The first-order valence-corrected chi connectivity index (χ1v) is 5.91. The van der Waals surface area contributed by atoms with Crippen LogP contribution >= 0.6 is 23.2 Å². The van der Waals surface area contributed by atoms with Crippen LogP contribution in [0.3, 0.4) is 0 Å². The van der Waals surface area contributed by atoms with Gasteiger partial charge in [0.2, 0.25) is 10.6 Å². The Morgan fingerprint density at radius 3 is 2.10 bits per heavy atom. The third-order valence-electron chi connectivity index (χ3n) is 2.12. The first-order valence-electron chi connectivity index (χ1n) is 5.16. The fraction of sp³-hybridized carbons (Fsp3) is 0. The third kappa shape index (κ3) is 3.52. The van der Waals surface area contributed by atoms with Crippen LogP contribution < -0.4 is 5.48 Å². The van der Waals surface area contributed by atoms with Crippen molar-refractivity contribution in [3.63, 3.8) is 0 Å². The van der Waals surface area contributed by atoms with Gasteiger partial charge in [0.25, 0.3) is 5.95 Å². The van der Waals surface area contributed by atoms with E-state index in [9.17, 15) is 15.0 Å². The molecule has 0 fully saturated rings. The van der Waals surface area contributed by atoms with Crippen LogP contribution in [0.5, 0.6) is 17.2 Å². The van der Waals surface area contributed by atoms with Gasteiger partial charge in [0, 0.05) is 0 Å². The predicted molar refractivity (Wildman–Crippen MR) is 70.3 cm³/mol. The van der Waals surface area contributed by atoms with Crippen molar-refractivity contribution in [3.05, 3.63) is 28.3 Å². The summed E-state index contributed by atoms with van der Waals surface area (Å²) in [6, 6.07) is 1.79. The molecule has 0 unspecified atom stereocenters. The van der Waals surface area contributed by atoms with E-state index in [2.05, 4.69) is 25.3 Å². The molecule has 11 heteroatoms. The van der Waals surface area contributed by atoms with Crippen molar-refractivity contribution in [1.29, 1.82) is 0 Å². The molecule has 0 atom stereocenters. The number of aromatic nitrogens is 3. The summed E-state index contributed by atoms with van der Waals surface area (Å²) >= 11 is 11.0. The third-order valence-corrected chi connectivity index (χ3v) is 2.46. The van der Waals surface area contributed by atoms with Crippen LogP contribution in [-0.4, -0.2) is 36.2 Å². The van der Waals surface area contributed by atoms with E-state index in [1.807, 2.05) is 0 Å². The van der Waals surface area contributed by atoms with E-state index in [0.29, 0.717) is 0 Å². The number of benzene rings is 1. The van der Waals surface area contributed by atoms with Gasteiger partial charge >= 0.3 is 5.97 Å². The fourth-order valence-corrected chi connectivity index (χ4v) is 1.61. The van der Waals surface area contributed by atoms with E-state index in [0.717, 1.165) is 12.1 Å². The average molecular weight is 333 g/mol. The molecule has 4 N–H and O–H groups in total. The summed E-state index contributed by atoms with van der Waals surface area (Å²) in [6.45, 7) is 0. The Morgan fingerprint density at radius 1 is 1.05 bits per heavy atom. The van der Waals surface area contributed by atoms with Crippen molar-refractivity contribution < 1.29 is 25.0 Å². The lowest BCUT2D eigenvalue weighted by molar-refractivity contribution is 0.0592. The van der Waals surface area contributed by atoms with Gasteiger partial charge in [-0.05, 0) is 35.3 Å². The largest absolute Gasteiger partial charge is 0.504 e. The summed E-state index contributed by atoms with van der Waals surface area (Å²) in [6.07, 6.45) is 0. The molecule has 1 heterocycles. The van der Waals surface area contributed by atoms with Crippen molar-refractivity contribution in [1.82, 2.24) is 15.0 Å². The topological polar surface area (TPSA) is 138 Å². The first kappa shape index (κ1) is 14.9. The van der Waals surface area contributed by atoms with Crippen LogP contribution in [0, 0.1) is 0 Å². The first-order chi connectivity index (χ1) is 9.86. The number of phenolic OH excluding ortho intramolecular Hbond substituents is 3. The molecule has 2 aromatic rings. The number of carbonyl (C=O) groups is 1. The van der Waals surface area contributed by atoms with Crippen LogP contribution in [0.1, 0.15) is 10.4 Å². The summed E-state index contributed by atoms with van der Waals surface area (Å²) in [5, 5.41) is 27.3. The van der Waals surface area contributed by atoms with Gasteiger partial charge in [-0.25, -0.2) is 4.79 Å². The molecule has 0 saturated heterocycles. The molecule has 0 radical (unpaired) electrons. The minimum absolute atomic E-state index is 0.214. The van der Waals surface area contributed by atoms with Gasteiger partial charge in [-0.2, -0.15) is 20.4 Å². The van der Waals surface area contributed by atoms with Crippen LogP contribution in [-0.2, 0) is 4.84 Å². The van der Waals surface area contributed by atoms with Gasteiger partial charge in [-0.15, -0.1) is 0 Å². The highest BCUT2D eigenvalue weighted by atomic mass is 35.5. The van der Waals surface area contributed by atoms with Crippen molar-refractivity contribution in [2.45, 2.75) is 0 Å². The summed E-state index contributed by atoms with van der Waals surface area (Å²) in [5.41, 5.74) is 1.84. The minimum Gasteiger partial charge on any atom is -0.504 e. The van der Waals surface area contributed by atoms with E-state index < -0.39 is 23.2 Å². The minimum atomic E-state index is -0.992. The van der Waals surface area contributed by atoms with E-state index in [-0.39, 0.29) is 22.1 Å². The molecule has 0 aliphatic rings. The Balaban J connectivity index is 2.11. The van der Waals surface area contributed by atoms with E-state index >= 15 is 0 Å². The molecule has 0 amide bonds. The van der Waals surface area contributed by atoms with Crippen LogP contribution in [0.25, 0.3) is 0 Å². The zero-order valence-electron chi connectivity index (χ0n) is 9.91. The van der Waals surface area contributed by atoms with Crippen LogP contribution in [0.15, 0.2) is 12.1 Å². The summed E-state index contributed by atoms with van der Waals surface area (Å²) < 4.78 is 0. The molecule has 0 bridgehead atoms. The predicted octanol–water partition coefficient (Wildman–Crippen LogP) is 1.48. The summed E-state index contributed by atoms with van der Waals surface area (Å²) in [7, 11) is 0. The maximum absolute atomic E-state index is 11.7. The molecular formula is C10H6Cl2N4O5. The van der Waals surface area contributed by atoms with Crippen molar-refractivity contribution in [2.75, 3.05) is 5.48 Å².